The molecule has 0 saturated carbocycles. The highest BCUT2D eigenvalue weighted by Gasteiger charge is 2.16. The van der Waals surface area contributed by atoms with Crippen molar-refractivity contribution in [3.05, 3.63) is 35.4 Å². The van der Waals surface area contributed by atoms with E-state index in [9.17, 15) is 5.11 Å². The molecule has 2 rings (SSSR count). The van der Waals surface area contributed by atoms with Crippen molar-refractivity contribution in [2.24, 2.45) is 0 Å². The molecule has 1 fully saturated rings. The summed E-state index contributed by atoms with van der Waals surface area (Å²) in [7, 11) is 0. The molecule has 82 valence electrons. The van der Waals surface area contributed by atoms with Gasteiger partial charge in [-0.05, 0) is 30.0 Å². The van der Waals surface area contributed by atoms with E-state index in [2.05, 4.69) is 5.32 Å². The molecule has 3 nitrogen and oxygen atoms in total. The number of hydrogen-bond acceptors (Lipinski definition) is 3. The fourth-order valence-electron chi connectivity index (χ4n) is 2.03. The fraction of sp³-hybridized carbons (Fsp3) is 0.500. The van der Waals surface area contributed by atoms with Crippen molar-refractivity contribution in [1.82, 2.24) is 5.32 Å². The Balaban J connectivity index is 2.09. The predicted molar refractivity (Wildman–Crippen MR) is 58.7 cm³/mol. The molecule has 0 aromatic heterocycles. The Hall–Kier alpha value is -0.900. The van der Waals surface area contributed by atoms with E-state index in [4.69, 9.17) is 5.11 Å². The highest BCUT2D eigenvalue weighted by atomic mass is 16.3. The van der Waals surface area contributed by atoms with E-state index in [1.165, 1.54) is 12.0 Å². The lowest BCUT2D eigenvalue weighted by atomic mass is 9.96. The summed E-state index contributed by atoms with van der Waals surface area (Å²) in [5, 5.41) is 21.6. The molecule has 1 aromatic rings. The van der Waals surface area contributed by atoms with Gasteiger partial charge in [0.25, 0.3) is 0 Å². The molecule has 2 atom stereocenters. The summed E-state index contributed by atoms with van der Waals surface area (Å²) in [4.78, 5) is 0. The maximum absolute atomic E-state index is 9.42. The summed E-state index contributed by atoms with van der Waals surface area (Å²) < 4.78 is 0. The first-order chi connectivity index (χ1) is 7.31. The van der Waals surface area contributed by atoms with Crippen LogP contribution >= 0.6 is 0 Å². The van der Waals surface area contributed by atoms with Crippen LogP contribution in [0.5, 0.6) is 0 Å². The summed E-state index contributed by atoms with van der Waals surface area (Å²) in [5.41, 5.74) is 2.10. The van der Waals surface area contributed by atoms with Gasteiger partial charge in [0.2, 0.25) is 0 Å². The van der Waals surface area contributed by atoms with Gasteiger partial charge in [-0.3, -0.25) is 0 Å². The molecule has 3 heteroatoms. The topological polar surface area (TPSA) is 52.5 Å². The van der Waals surface area contributed by atoms with Crippen molar-refractivity contribution in [3.63, 3.8) is 0 Å². The summed E-state index contributed by atoms with van der Waals surface area (Å²) in [6.07, 6.45) is 0.433. The smallest absolute Gasteiger partial charge is 0.102 e. The molecule has 3 N–H and O–H groups in total. The van der Waals surface area contributed by atoms with Crippen LogP contribution < -0.4 is 5.32 Å². The van der Waals surface area contributed by atoms with Crippen LogP contribution in [0.15, 0.2) is 24.3 Å². The van der Waals surface area contributed by atoms with E-state index in [0.717, 1.165) is 18.7 Å². The Morgan fingerprint density at radius 1 is 1.33 bits per heavy atom. The average Bonchev–Trinajstić information content (AvgIpc) is 2.82. The molecule has 2 unspecified atom stereocenters. The van der Waals surface area contributed by atoms with Crippen molar-refractivity contribution in [2.75, 3.05) is 19.7 Å². The van der Waals surface area contributed by atoms with Gasteiger partial charge in [-0.2, -0.15) is 0 Å². The Labute approximate surface area is 89.8 Å². The number of benzene rings is 1. The molecular formula is C12H17NO2. The molecule has 15 heavy (non-hydrogen) atoms. The van der Waals surface area contributed by atoms with Crippen LogP contribution in [-0.4, -0.2) is 29.9 Å². The Morgan fingerprint density at radius 2 is 2.07 bits per heavy atom. The van der Waals surface area contributed by atoms with Gasteiger partial charge in [-0.15, -0.1) is 0 Å². The quantitative estimate of drug-likeness (QED) is 0.687. The monoisotopic (exact) mass is 207 g/mol. The van der Waals surface area contributed by atoms with Gasteiger partial charge in [0, 0.05) is 6.54 Å². The van der Waals surface area contributed by atoms with Crippen LogP contribution in [0.4, 0.5) is 0 Å². The second-order valence-electron chi connectivity index (χ2n) is 4.05. The van der Waals surface area contributed by atoms with Crippen molar-refractivity contribution in [2.45, 2.75) is 18.4 Å². The highest BCUT2D eigenvalue weighted by Crippen LogP contribution is 2.23. The molecule has 1 aromatic carbocycles. The summed E-state index contributed by atoms with van der Waals surface area (Å²) in [6.45, 7) is 1.91. The molecule has 1 aliphatic rings. The van der Waals surface area contributed by atoms with Gasteiger partial charge in [-0.1, -0.05) is 24.3 Å². The van der Waals surface area contributed by atoms with Gasteiger partial charge in [-0.25, -0.2) is 0 Å². The summed E-state index contributed by atoms with van der Waals surface area (Å²) in [5.74, 6) is 0.602. The normalized spacial score (nSPS) is 22.9. The zero-order chi connectivity index (χ0) is 10.7. The summed E-state index contributed by atoms with van der Waals surface area (Å²) in [6, 6.07) is 7.89. The van der Waals surface area contributed by atoms with Crippen molar-refractivity contribution in [1.29, 1.82) is 0 Å². The van der Waals surface area contributed by atoms with Gasteiger partial charge in [0.1, 0.15) is 6.10 Å². The number of nitrogens with one attached hydrogen (secondary N) is 1. The molecule has 1 aliphatic heterocycles. The van der Waals surface area contributed by atoms with Crippen LogP contribution in [0, 0.1) is 0 Å². The molecule has 1 heterocycles. The van der Waals surface area contributed by atoms with Crippen LogP contribution in [0.25, 0.3) is 0 Å². The lowest BCUT2D eigenvalue weighted by Crippen LogP contribution is -2.08. The Morgan fingerprint density at radius 3 is 2.60 bits per heavy atom. The SMILES string of the molecule is OCC(O)c1ccc(C2CCNC2)cc1. The number of aliphatic hydroxyl groups is 2. The second kappa shape index (κ2) is 4.75. The van der Waals surface area contributed by atoms with Crippen LogP contribution in [0.3, 0.4) is 0 Å². The number of rotatable bonds is 3. The maximum atomic E-state index is 9.42. The van der Waals surface area contributed by atoms with Crippen LogP contribution in [0.1, 0.15) is 29.6 Å². The lowest BCUT2D eigenvalue weighted by Gasteiger charge is -2.11. The highest BCUT2D eigenvalue weighted by molar-refractivity contribution is 5.27. The standard InChI is InChI=1S/C12H17NO2/c14-8-12(15)10-3-1-9(2-4-10)11-5-6-13-7-11/h1-4,11-15H,5-8H2. The molecular weight excluding hydrogens is 190 g/mol. The van der Waals surface area contributed by atoms with E-state index in [-0.39, 0.29) is 6.61 Å². The Bertz CT molecular complexity index is 304. The van der Waals surface area contributed by atoms with E-state index >= 15 is 0 Å². The third-order valence-electron chi connectivity index (χ3n) is 3.03. The van der Waals surface area contributed by atoms with E-state index in [1.54, 1.807) is 0 Å². The lowest BCUT2D eigenvalue weighted by molar-refractivity contribution is 0.0956. The first-order valence-electron chi connectivity index (χ1n) is 5.40. The van der Waals surface area contributed by atoms with Crippen molar-refractivity contribution >= 4 is 0 Å². The predicted octanol–water partition coefficient (Wildman–Crippen LogP) is 0.789. The number of hydrogen-bond donors (Lipinski definition) is 3. The van der Waals surface area contributed by atoms with E-state index in [0.29, 0.717) is 5.92 Å². The third kappa shape index (κ3) is 2.37. The Kier molecular flexibility index (Phi) is 3.36. The van der Waals surface area contributed by atoms with E-state index in [1.807, 2.05) is 24.3 Å². The second-order valence-corrected chi connectivity index (χ2v) is 4.05. The van der Waals surface area contributed by atoms with Gasteiger partial charge >= 0.3 is 0 Å². The van der Waals surface area contributed by atoms with Gasteiger partial charge in [0.05, 0.1) is 6.61 Å². The molecule has 0 radical (unpaired) electrons. The van der Waals surface area contributed by atoms with Crippen molar-refractivity contribution in [3.8, 4) is 0 Å². The number of aliphatic hydroxyl groups excluding tert-OH is 2. The first-order valence-corrected chi connectivity index (χ1v) is 5.40. The minimum Gasteiger partial charge on any atom is -0.393 e. The minimum absolute atomic E-state index is 0.218. The summed E-state index contributed by atoms with van der Waals surface area (Å²) >= 11 is 0. The largest absolute Gasteiger partial charge is 0.393 e. The molecule has 1 saturated heterocycles. The third-order valence-corrected chi connectivity index (χ3v) is 3.03. The average molecular weight is 207 g/mol. The minimum atomic E-state index is -0.749. The zero-order valence-electron chi connectivity index (χ0n) is 8.69. The molecule has 0 amide bonds. The van der Waals surface area contributed by atoms with Crippen LogP contribution in [-0.2, 0) is 0 Å². The molecule has 0 spiro atoms. The van der Waals surface area contributed by atoms with Crippen molar-refractivity contribution < 1.29 is 10.2 Å². The van der Waals surface area contributed by atoms with Gasteiger partial charge < -0.3 is 15.5 Å². The first kappa shape index (κ1) is 10.6. The van der Waals surface area contributed by atoms with Gasteiger partial charge in [0.15, 0.2) is 0 Å². The molecule has 0 aliphatic carbocycles. The molecule has 0 bridgehead atoms. The van der Waals surface area contributed by atoms with Crippen LogP contribution in [0.2, 0.25) is 0 Å². The zero-order valence-corrected chi connectivity index (χ0v) is 8.69. The van der Waals surface area contributed by atoms with E-state index < -0.39 is 6.10 Å². The maximum Gasteiger partial charge on any atom is 0.102 e. The fourth-order valence-corrected chi connectivity index (χ4v) is 2.03.